The van der Waals surface area contributed by atoms with E-state index in [4.69, 9.17) is 4.74 Å². The highest BCUT2D eigenvalue weighted by Gasteiger charge is 2.52. The van der Waals surface area contributed by atoms with Crippen LogP contribution >= 0.6 is 0 Å². The van der Waals surface area contributed by atoms with Crippen LogP contribution in [0.1, 0.15) is 37.7 Å². The zero-order chi connectivity index (χ0) is 22.3. The van der Waals surface area contributed by atoms with E-state index in [9.17, 15) is 18.4 Å². The SMILES string of the molecule is O=C1CO[C@]2(CCN(C(=O)C3(c4ccccc4F)CCCC3)C2)CN1c1ccc(F)cc1. The first-order valence-electron chi connectivity index (χ1n) is 11.2. The molecule has 168 valence electrons. The third kappa shape index (κ3) is 3.48. The van der Waals surface area contributed by atoms with Crippen molar-refractivity contribution >= 4 is 17.5 Å². The molecule has 2 aromatic rings. The molecule has 1 spiro atoms. The van der Waals surface area contributed by atoms with Crippen molar-refractivity contribution in [3.63, 3.8) is 0 Å². The van der Waals surface area contributed by atoms with Gasteiger partial charge in [0, 0.05) is 17.8 Å². The highest BCUT2D eigenvalue weighted by atomic mass is 19.1. The van der Waals surface area contributed by atoms with E-state index in [1.807, 2.05) is 0 Å². The fourth-order valence-corrected chi connectivity index (χ4v) is 5.56. The number of carbonyl (C=O) groups excluding carboxylic acids is 2. The van der Waals surface area contributed by atoms with Gasteiger partial charge < -0.3 is 14.5 Å². The second-order valence-corrected chi connectivity index (χ2v) is 9.17. The smallest absolute Gasteiger partial charge is 0.253 e. The number of ether oxygens (including phenoxy) is 1. The van der Waals surface area contributed by atoms with Crippen molar-refractivity contribution in [3.05, 3.63) is 65.7 Å². The maximum atomic E-state index is 14.7. The molecule has 2 heterocycles. The Kier molecular flexibility index (Phi) is 5.24. The standard InChI is InChI=1S/C25H26F2N2O3/c26-18-7-9-19(10-8-18)29-17-24(32-15-22(29)30)13-14-28(16-24)23(31)25(11-3-4-12-25)20-5-1-2-6-21(20)27/h1-2,5-10H,3-4,11-17H2/t24-/m0/s1. The van der Waals surface area contributed by atoms with E-state index >= 15 is 0 Å². The summed E-state index contributed by atoms with van der Waals surface area (Å²) in [5.74, 6) is -0.938. The largest absolute Gasteiger partial charge is 0.361 e. The van der Waals surface area contributed by atoms with Crippen LogP contribution in [0, 0.1) is 11.6 Å². The van der Waals surface area contributed by atoms with Crippen LogP contribution in [0.5, 0.6) is 0 Å². The summed E-state index contributed by atoms with van der Waals surface area (Å²) in [5.41, 5.74) is -0.413. The maximum Gasteiger partial charge on any atom is 0.253 e. The van der Waals surface area contributed by atoms with Crippen LogP contribution in [-0.4, -0.2) is 48.6 Å². The number of hydrogen-bond donors (Lipinski definition) is 0. The molecule has 2 aliphatic heterocycles. The lowest BCUT2D eigenvalue weighted by atomic mass is 9.77. The first-order valence-corrected chi connectivity index (χ1v) is 11.2. The molecule has 0 aromatic heterocycles. The van der Waals surface area contributed by atoms with E-state index < -0.39 is 11.0 Å². The minimum Gasteiger partial charge on any atom is -0.361 e. The normalized spacial score (nSPS) is 25.0. The third-order valence-electron chi connectivity index (χ3n) is 7.25. The quantitative estimate of drug-likeness (QED) is 0.729. The van der Waals surface area contributed by atoms with Crippen LogP contribution in [0.2, 0.25) is 0 Å². The van der Waals surface area contributed by atoms with Crippen LogP contribution in [-0.2, 0) is 19.7 Å². The summed E-state index contributed by atoms with van der Waals surface area (Å²) in [4.78, 5) is 29.7. The summed E-state index contributed by atoms with van der Waals surface area (Å²) in [5, 5.41) is 0. The number of halogens is 2. The Bertz CT molecular complexity index is 1040. The fraction of sp³-hybridized carbons (Fsp3) is 0.440. The lowest BCUT2D eigenvalue weighted by Gasteiger charge is -2.40. The van der Waals surface area contributed by atoms with Gasteiger partial charge in [0.1, 0.15) is 23.8 Å². The second-order valence-electron chi connectivity index (χ2n) is 9.17. The molecule has 0 unspecified atom stereocenters. The number of rotatable bonds is 3. The van der Waals surface area contributed by atoms with Gasteiger partial charge in [-0.3, -0.25) is 9.59 Å². The number of anilines is 1. The topological polar surface area (TPSA) is 49.9 Å². The van der Waals surface area contributed by atoms with Gasteiger partial charge in [-0.1, -0.05) is 31.0 Å². The van der Waals surface area contributed by atoms with Gasteiger partial charge in [0.2, 0.25) is 5.91 Å². The summed E-state index contributed by atoms with van der Waals surface area (Å²) in [6.07, 6.45) is 3.65. The summed E-state index contributed by atoms with van der Waals surface area (Å²) >= 11 is 0. The second kappa shape index (κ2) is 7.96. The zero-order valence-electron chi connectivity index (χ0n) is 17.9. The van der Waals surface area contributed by atoms with Crippen LogP contribution in [0.25, 0.3) is 0 Å². The number of amides is 2. The molecule has 0 bridgehead atoms. The predicted molar refractivity (Wildman–Crippen MR) is 115 cm³/mol. The molecular weight excluding hydrogens is 414 g/mol. The fourth-order valence-electron chi connectivity index (χ4n) is 5.56. The molecule has 1 atom stereocenters. The number of morpholine rings is 1. The van der Waals surface area contributed by atoms with E-state index in [-0.39, 0.29) is 30.1 Å². The Labute approximate surface area is 186 Å². The van der Waals surface area contributed by atoms with E-state index in [0.29, 0.717) is 50.1 Å². The molecule has 7 heteroatoms. The van der Waals surface area contributed by atoms with E-state index in [2.05, 4.69) is 0 Å². The molecule has 5 rings (SSSR count). The van der Waals surface area contributed by atoms with Gasteiger partial charge in [0.05, 0.1) is 18.5 Å². The molecule has 2 saturated heterocycles. The molecule has 1 saturated carbocycles. The molecule has 5 nitrogen and oxygen atoms in total. The monoisotopic (exact) mass is 440 g/mol. The zero-order valence-corrected chi connectivity index (χ0v) is 17.9. The van der Waals surface area contributed by atoms with Crippen LogP contribution in [0.4, 0.5) is 14.5 Å². The average Bonchev–Trinajstić information content (AvgIpc) is 3.45. The van der Waals surface area contributed by atoms with Crippen LogP contribution in [0.15, 0.2) is 48.5 Å². The van der Waals surface area contributed by atoms with Gasteiger partial charge >= 0.3 is 0 Å². The summed E-state index contributed by atoms with van der Waals surface area (Å²) in [6.45, 7) is 1.07. The Balaban J connectivity index is 1.38. The molecule has 32 heavy (non-hydrogen) atoms. The Morgan fingerprint density at radius 3 is 2.38 bits per heavy atom. The first kappa shape index (κ1) is 21.1. The van der Waals surface area contributed by atoms with Gasteiger partial charge in [0.25, 0.3) is 5.91 Å². The maximum absolute atomic E-state index is 14.7. The number of nitrogens with zero attached hydrogens (tertiary/aromatic N) is 2. The highest BCUT2D eigenvalue weighted by molar-refractivity contribution is 5.95. The van der Waals surface area contributed by atoms with Crippen molar-refractivity contribution in [2.45, 2.75) is 43.1 Å². The number of likely N-dealkylation sites (tertiary alicyclic amines) is 1. The number of carbonyl (C=O) groups is 2. The van der Waals surface area contributed by atoms with Gasteiger partial charge in [-0.05, 0) is 49.6 Å². The van der Waals surface area contributed by atoms with Crippen LogP contribution in [0.3, 0.4) is 0 Å². The van der Waals surface area contributed by atoms with Crippen molar-refractivity contribution in [3.8, 4) is 0 Å². The van der Waals surface area contributed by atoms with Gasteiger partial charge in [-0.15, -0.1) is 0 Å². The minimum atomic E-state index is -0.835. The molecule has 2 amide bonds. The summed E-state index contributed by atoms with van der Waals surface area (Å²) in [6, 6.07) is 12.4. The van der Waals surface area contributed by atoms with Crippen molar-refractivity contribution in [1.82, 2.24) is 4.90 Å². The van der Waals surface area contributed by atoms with Crippen molar-refractivity contribution in [2.24, 2.45) is 0 Å². The lowest BCUT2D eigenvalue weighted by Crippen LogP contribution is -2.57. The predicted octanol–water partition coefficient (Wildman–Crippen LogP) is 3.81. The lowest BCUT2D eigenvalue weighted by molar-refractivity contribution is -0.142. The Morgan fingerprint density at radius 1 is 0.938 bits per heavy atom. The molecule has 3 aliphatic rings. The van der Waals surface area contributed by atoms with Gasteiger partial charge in [-0.2, -0.15) is 0 Å². The van der Waals surface area contributed by atoms with Crippen LogP contribution < -0.4 is 4.90 Å². The summed E-state index contributed by atoms with van der Waals surface area (Å²) < 4.78 is 34.1. The number of hydrogen-bond acceptors (Lipinski definition) is 3. The minimum absolute atomic E-state index is 0.0502. The Hall–Kier alpha value is -2.80. The molecule has 0 N–H and O–H groups in total. The average molecular weight is 440 g/mol. The molecule has 0 radical (unpaired) electrons. The molecular formula is C25H26F2N2O3. The van der Waals surface area contributed by atoms with Crippen molar-refractivity contribution < 1.29 is 23.1 Å². The number of benzene rings is 2. The third-order valence-corrected chi connectivity index (χ3v) is 7.25. The van der Waals surface area contributed by atoms with Crippen molar-refractivity contribution in [2.75, 3.05) is 31.1 Å². The van der Waals surface area contributed by atoms with Gasteiger partial charge in [-0.25, -0.2) is 8.78 Å². The molecule has 2 aromatic carbocycles. The molecule has 1 aliphatic carbocycles. The highest BCUT2D eigenvalue weighted by Crippen LogP contribution is 2.45. The van der Waals surface area contributed by atoms with Crippen molar-refractivity contribution in [1.29, 1.82) is 0 Å². The van der Waals surface area contributed by atoms with Gasteiger partial charge in [0.15, 0.2) is 0 Å². The van der Waals surface area contributed by atoms with E-state index in [0.717, 1.165) is 12.8 Å². The Morgan fingerprint density at radius 2 is 1.66 bits per heavy atom. The van der Waals surface area contributed by atoms with E-state index in [1.54, 1.807) is 40.1 Å². The molecule has 3 fully saturated rings. The first-order chi connectivity index (χ1) is 15.4. The van der Waals surface area contributed by atoms with E-state index in [1.165, 1.54) is 18.2 Å². The summed E-state index contributed by atoms with van der Waals surface area (Å²) in [7, 11) is 0.